The summed E-state index contributed by atoms with van der Waals surface area (Å²) in [4.78, 5) is -0.0846. The summed E-state index contributed by atoms with van der Waals surface area (Å²) in [7, 11) is 0. The molecule has 0 aliphatic carbocycles. The van der Waals surface area contributed by atoms with Gasteiger partial charge in [-0.25, -0.2) is 0 Å². The van der Waals surface area contributed by atoms with Gasteiger partial charge in [-0.1, -0.05) is 44.0 Å². The van der Waals surface area contributed by atoms with Crippen molar-refractivity contribution in [3.05, 3.63) is 34.3 Å². The molecule has 0 saturated carbocycles. The molecule has 0 fully saturated rings. The van der Waals surface area contributed by atoms with E-state index in [-0.39, 0.29) is 4.83 Å². The van der Waals surface area contributed by atoms with Crippen LogP contribution < -0.4 is 0 Å². The van der Waals surface area contributed by atoms with E-state index in [2.05, 4.69) is 37.9 Å². The normalized spacial score (nSPS) is 12.1. The van der Waals surface area contributed by atoms with E-state index in [0.29, 0.717) is 0 Å². The van der Waals surface area contributed by atoms with E-state index in [1.807, 2.05) is 24.3 Å². The Morgan fingerprint density at radius 2 is 1.92 bits per heavy atom. The van der Waals surface area contributed by atoms with Crippen molar-refractivity contribution in [1.29, 1.82) is 5.26 Å². The minimum Gasteiger partial charge on any atom is -0.197 e. The highest BCUT2D eigenvalue weighted by Gasteiger charge is 2.02. The van der Waals surface area contributed by atoms with Gasteiger partial charge in [0.15, 0.2) is 0 Å². The predicted octanol–water partition coefficient (Wildman–Crippen LogP) is 3.28. The van der Waals surface area contributed by atoms with Gasteiger partial charge in [0.25, 0.3) is 0 Å². The number of benzene rings is 1. The van der Waals surface area contributed by atoms with Crippen LogP contribution in [0.15, 0.2) is 28.7 Å². The monoisotopic (exact) mass is 287 g/mol. The van der Waals surface area contributed by atoms with Crippen LogP contribution >= 0.6 is 31.9 Å². The Labute approximate surface area is 88.7 Å². The topological polar surface area (TPSA) is 23.8 Å². The summed E-state index contributed by atoms with van der Waals surface area (Å²) in [5, 5.41) is 8.54. The number of hydrogen-bond donors (Lipinski definition) is 0. The van der Waals surface area contributed by atoms with Gasteiger partial charge in [-0.15, -0.1) is 0 Å². The highest BCUT2D eigenvalue weighted by Crippen LogP contribution is 2.13. The Kier molecular flexibility index (Phi) is 3.77. The van der Waals surface area contributed by atoms with Crippen molar-refractivity contribution in [3.8, 4) is 6.07 Å². The Hall–Kier alpha value is -0.330. The predicted molar refractivity (Wildman–Crippen MR) is 56.2 cm³/mol. The highest BCUT2D eigenvalue weighted by atomic mass is 79.9. The summed E-state index contributed by atoms with van der Waals surface area (Å²) in [5.41, 5.74) is 1.17. The summed E-state index contributed by atoms with van der Waals surface area (Å²) >= 11 is 6.61. The van der Waals surface area contributed by atoms with Crippen LogP contribution in [0.25, 0.3) is 0 Å². The molecular formula is C9H7Br2N. The van der Waals surface area contributed by atoms with Crippen molar-refractivity contribution in [2.24, 2.45) is 0 Å². The third kappa shape index (κ3) is 2.96. The second kappa shape index (κ2) is 4.64. The minimum absolute atomic E-state index is 0.0846. The van der Waals surface area contributed by atoms with Gasteiger partial charge in [-0.3, -0.25) is 0 Å². The smallest absolute Gasteiger partial charge is 0.105 e. The molecule has 1 atom stereocenters. The lowest BCUT2D eigenvalue weighted by Gasteiger charge is -2.00. The molecule has 0 heterocycles. The Balaban J connectivity index is 2.66. The second-order valence-corrected chi connectivity index (χ2v) is 4.45. The molecule has 1 aromatic carbocycles. The molecule has 3 heteroatoms. The molecule has 1 aromatic rings. The van der Waals surface area contributed by atoms with Gasteiger partial charge in [0.1, 0.15) is 4.83 Å². The SMILES string of the molecule is N#CC(Br)Cc1ccc(Br)cc1. The van der Waals surface area contributed by atoms with Gasteiger partial charge >= 0.3 is 0 Å². The van der Waals surface area contributed by atoms with Gasteiger partial charge < -0.3 is 0 Å². The maximum atomic E-state index is 8.54. The van der Waals surface area contributed by atoms with Crippen molar-refractivity contribution in [2.45, 2.75) is 11.2 Å². The first-order chi connectivity index (χ1) is 5.72. The fraction of sp³-hybridized carbons (Fsp3) is 0.222. The molecule has 1 rings (SSSR count). The molecular weight excluding hydrogens is 282 g/mol. The summed E-state index contributed by atoms with van der Waals surface area (Å²) < 4.78 is 1.06. The minimum atomic E-state index is -0.0846. The summed E-state index contributed by atoms with van der Waals surface area (Å²) in [6, 6.07) is 10.1. The number of halogens is 2. The van der Waals surface area contributed by atoms with E-state index in [4.69, 9.17) is 5.26 Å². The van der Waals surface area contributed by atoms with Crippen LogP contribution in [0.4, 0.5) is 0 Å². The van der Waals surface area contributed by atoms with E-state index in [9.17, 15) is 0 Å². The lowest BCUT2D eigenvalue weighted by molar-refractivity contribution is 1.04. The fourth-order valence-corrected chi connectivity index (χ4v) is 1.51. The van der Waals surface area contributed by atoms with E-state index in [0.717, 1.165) is 10.9 Å². The lowest BCUT2D eigenvalue weighted by Crippen LogP contribution is -1.97. The Bertz CT molecular complexity index is 286. The molecule has 12 heavy (non-hydrogen) atoms. The lowest BCUT2D eigenvalue weighted by atomic mass is 10.1. The van der Waals surface area contributed by atoms with Crippen LogP contribution in [-0.4, -0.2) is 4.83 Å². The van der Waals surface area contributed by atoms with Crippen molar-refractivity contribution in [1.82, 2.24) is 0 Å². The highest BCUT2D eigenvalue weighted by molar-refractivity contribution is 9.10. The molecule has 0 bridgehead atoms. The maximum Gasteiger partial charge on any atom is 0.105 e. The molecule has 0 aromatic heterocycles. The van der Waals surface area contributed by atoms with Crippen LogP contribution in [0, 0.1) is 11.3 Å². The van der Waals surface area contributed by atoms with Crippen LogP contribution in [0.1, 0.15) is 5.56 Å². The molecule has 62 valence electrons. The van der Waals surface area contributed by atoms with Gasteiger partial charge in [0.2, 0.25) is 0 Å². The van der Waals surface area contributed by atoms with E-state index in [1.165, 1.54) is 5.56 Å². The third-order valence-corrected chi connectivity index (χ3v) is 2.53. The van der Waals surface area contributed by atoms with Crippen molar-refractivity contribution in [2.75, 3.05) is 0 Å². The summed E-state index contributed by atoms with van der Waals surface area (Å²) in [6.07, 6.45) is 0.754. The largest absolute Gasteiger partial charge is 0.197 e. The number of nitriles is 1. The quantitative estimate of drug-likeness (QED) is 0.766. The average molecular weight is 289 g/mol. The molecule has 0 amide bonds. The number of rotatable bonds is 2. The van der Waals surface area contributed by atoms with Crippen molar-refractivity contribution < 1.29 is 0 Å². The molecule has 0 spiro atoms. The van der Waals surface area contributed by atoms with E-state index >= 15 is 0 Å². The summed E-state index contributed by atoms with van der Waals surface area (Å²) in [6.45, 7) is 0. The first-order valence-electron chi connectivity index (χ1n) is 3.50. The first-order valence-corrected chi connectivity index (χ1v) is 5.21. The van der Waals surface area contributed by atoms with Crippen LogP contribution in [0.5, 0.6) is 0 Å². The van der Waals surface area contributed by atoms with Crippen LogP contribution in [0.2, 0.25) is 0 Å². The first kappa shape index (κ1) is 9.76. The average Bonchev–Trinajstić information content (AvgIpc) is 2.09. The van der Waals surface area contributed by atoms with Gasteiger partial charge in [0.05, 0.1) is 6.07 Å². The Morgan fingerprint density at radius 3 is 2.42 bits per heavy atom. The summed E-state index contributed by atoms with van der Waals surface area (Å²) in [5.74, 6) is 0. The zero-order valence-corrected chi connectivity index (χ0v) is 9.47. The van der Waals surface area contributed by atoms with Crippen LogP contribution in [0.3, 0.4) is 0 Å². The van der Waals surface area contributed by atoms with Gasteiger partial charge in [-0.05, 0) is 24.1 Å². The van der Waals surface area contributed by atoms with Crippen molar-refractivity contribution in [3.63, 3.8) is 0 Å². The number of alkyl halides is 1. The van der Waals surface area contributed by atoms with E-state index < -0.39 is 0 Å². The molecule has 0 aliphatic heterocycles. The fourth-order valence-electron chi connectivity index (χ4n) is 0.873. The van der Waals surface area contributed by atoms with Gasteiger partial charge in [-0.2, -0.15) is 5.26 Å². The standard InChI is InChI=1S/C9H7Br2N/c10-8-3-1-7(2-4-8)5-9(11)6-12/h1-4,9H,5H2. The maximum absolute atomic E-state index is 8.54. The molecule has 1 nitrogen and oxygen atoms in total. The zero-order chi connectivity index (χ0) is 8.97. The second-order valence-electron chi connectivity index (χ2n) is 2.43. The molecule has 0 N–H and O–H groups in total. The van der Waals surface area contributed by atoms with E-state index in [1.54, 1.807) is 0 Å². The molecule has 0 aliphatic rings. The number of hydrogen-bond acceptors (Lipinski definition) is 1. The van der Waals surface area contributed by atoms with Crippen molar-refractivity contribution >= 4 is 31.9 Å². The van der Waals surface area contributed by atoms with Gasteiger partial charge in [0, 0.05) is 4.47 Å². The molecule has 0 radical (unpaired) electrons. The zero-order valence-electron chi connectivity index (χ0n) is 6.30. The Morgan fingerprint density at radius 1 is 1.33 bits per heavy atom. The number of nitrogens with zero attached hydrogens (tertiary/aromatic N) is 1. The van der Waals surface area contributed by atoms with Crippen LogP contribution in [-0.2, 0) is 6.42 Å². The molecule has 1 unspecified atom stereocenters. The molecule has 0 saturated heterocycles. The third-order valence-electron chi connectivity index (χ3n) is 1.47.